The molecule has 2 aliphatic rings. The molecule has 0 spiro atoms. The van der Waals surface area contributed by atoms with Gasteiger partial charge in [-0.25, -0.2) is 4.68 Å². The third kappa shape index (κ3) is 2.74. The average Bonchev–Trinajstić information content (AvgIpc) is 3.06. The fourth-order valence-electron chi connectivity index (χ4n) is 4.01. The first-order chi connectivity index (χ1) is 11.8. The maximum absolute atomic E-state index is 9.15. The van der Waals surface area contributed by atoms with Gasteiger partial charge < -0.3 is 4.74 Å². The largest absolute Gasteiger partial charge is 0.357 e. The summed E-state index contributed by atoms with van der Waals surface area (Å²) in [5.41, 5.74) is 5.70. The lowest BCUT2D eigenvalue weighted by atomic mass is 9.81. The van der Waals surface area contributed by atoms with Crippen molar-refractivity contribution < 1.29 is 4.74 Å². The van der Waals surface area contributed by atoms with E-state index in [9.17, 15) is 0 Å². The number of ether oxygens (including phenoxy) is 1. The van der Waals surface area contributed by atoms with E-state index in [1.165, 1.54) is 29.7 Å². The summed E-state index contributed by atoms with van der Waals surface area (Å²) in [6.07, 6.45) is 9.12. The number of hydrogen-bond acceptors (Lipinski definition) is 3. The number of hydrogen-bond donors (Lipinski definition) is 0. The number of aryl methyl sites for hydroxylation is 2. The average molecular weight is 321 g/mol. The molecule has 124 valence electrons. The van der Waals surface area contributed by atoms with Crippen molar-refractivity contribution in [2.45, 2.75) is 57.6 Å². The van der Waals surface area contributed by atoms with Crippen molar-refractivity contribution in [1.82, 2.24) is 9.78 Å². The van der Waals surface area contributed by atoms with E-state index in [1.807, 2.05) is 13.0 Å². The molecule has 0 bridgehead atoms. The number of rotatable bonds is 2. The summed E-state index contributed by atoms with van der Waals surface area (Å²) in [4.78, 5) is 0. The van der Waals surface area contributed by atoms with E-state index in [2.05, 4.69) is 29.1 Å². The first-order valence-electron chi connectivity index (χ1n) is 8.96. The first-order valence-corrected chi connectivity index (χ1v) is 8.96. The summed E-state index contributed by atoms with van der Waals surface area (Å²) in [6, 6.07) is 8.49. The lowest BCUT2D eigenvalue weighted by molar-refractivity contribution is -0.0397. The second-order valence-corrected chi connectivity index (χ2v) is 6.96. The minimum Gasteiger partial charge on any atom is -0.357 e. The third-order valence-electron chi connectivity index (χ3n) is 5.35. The molecule has 2 unspecified atom stereocenters. The molecule has 0 saturated carbocycles. The maximum Gasteiger partial charge on any atom is 0.150 e. The molecule has 2 aromatic rings. The summed E-state index contributed by atoms with van der Waals surface area (Å²) in [5.74, 6) is 0.387. The van der Waals surface area contributed by atoms with Crippen LogP contribution in [0.15, 0.2) is 24.4 Å². The van der Waals surface area contributed by atoms with Crippen LogP contribution in [-0.2, 0) is 11.2 Å². The zero-order valence-electron chi connectivity index (χ0n) is 14.2. The van der Waals surface area contributed by atoms with Gasteiger partial charge in [-0.2, -0.15) is 10.4 Å². The molecule has 1 saturated heterocycles. The molecule has 4 nitrogen and oxygen atoms in total. The van der Waals surface area contributed by atoms with Crippen molar-refractivity contribution in [1.29, 1.82) is 5.26 Å². The van der Waals surface area contributed by atoms with Gasteiger partial charge in [-0.15, -0.1) is 0 Å². The predicted molar refractivity (Wildman–Crippen MR) is 91.7 cm³/mol. The number of aromatic nitrogens is 2. The van der Waals surface area contributed by atoms with E-state index in [0.717, 1.165) is 43.4 Å². The van der Waals surface area contributed by atoms with Crippen molar-refractivity contribution >= 4 is 0 Å². The number of nitriles is 1. The Bertz CT molecular complexity index is 781. The summed E-state index contributed by atoms with van der Waals surface area (Å²) in [7, 11) is 0. The van der Waals surface area contributed by atoms with Crippen LogP contribution in [0.3, 0.4) is 0 Å². The molecule has 1 fully saturated rings. The normalized spacial score (nSPS) is 23.5. The van der Waals surface area contributed by atoms with Crippen molar-refractivity contribution in [3.05, 3.63) is 52.3 Å². The van der Waals surface area contributed by atoms with E-state index in [0.29, 0.717) is 5.92 Å². The molecule has 4 rings (SSSR count). The van der Waals surface area contributed by atoms with Gasteiger partial charge in [-0.1, -0.05) is 12.1 Å². The van der Waals surface area contributed by atoms with E-state index in [-0.39, 0.29) is 6.23 Å². The van der Waals surface area contributed by atoms with Crippen molar-refractivity contribution in [3.8, 4) is 6.07 Å². The molecule has 24 heavy (non-hydrogen) atoms. The monoisotopic (exact) mass is 321 g/mol. The molecule has 1 aromatic heterocycles. The van der Waals surface area contributed by atoms with Crippen LogP contribution in [0.2, 0.25) is 0 Å². The molecular weight excluding hydrogens is 298 g/mol. The fourth-order valence-corrected chi connectivity index (χ4v) is 4.01. The van der Waals surface area contributed by atoms with E-state index in [4.69, 9.17) is 15.1 Å². The Hall–Kier alpha value is -2.12. The molecule has 0 amide bonds. The molecule has 1 aliphatic heterocycles. The highest BCUT2D eigenvalue weighted by Gasteiger charge is 2.27. The molecule has 1 aliphatic carbocycles. The molecule has 4 heteroatoms. The molecule has 1 aromatic carbocycles. The second-order valence-electron chi connectivity index (χ2n) is 6.96. The number of fused-ring (bicyclic) bond motifs is 1. The van der Waals surface area contributed by atoms with Crippen molar-refractivity contribution in [2.24, 2.45) is 0 Å². The van der Waals surface area contributed by atoms with Gasteiger partial charge in [-0.3, -0.25) is 0 Å². The van der Waals surface area contributed by atoms with Crippen LogP contribution in [0.5, 0.6) is 0 Å². The first kappa shape index (κ1) is 15.4. The standard InChI is InChI=1S/C20H23N3O/c1-14-11-15(8-9-16(14)12-21)17-5-4-6-19-18(17)13-23(22-19)20-7-2-3-10-24-20/h8-9,11,13,17,20H,2-7,10H2,1H3. The van der Waals surface area contributed by atoms with Crippen LogP contribution < -0.4 is 0 Å². The number of nitrogens with zero attached hydrogens (tertiary/aromatic N) is 3. The van der Waals surface area contributed by atoms with Gasteiger partial charge in [0.15, 0.2) is 0 Å². The molecule has 0 radical (unpaired) electrons. The van der Waals surface area contributed by atoms with Crippen molar-refractivity contribution in [2.75, 3.05) is 6.61 Å². The zero-order valence-corrected chi connectivity index (χ0v) is 14.2. The summed E-state index contributed by atoms with van der Waals surface area (Å²) in [5, 5.41) is 14.0. The fraction of sp³-hybridized carbons (Fsp3) is 0.500. The van der Waals surface area contributed by atoms with E-state index >= 15 is 0 Å². The highest BCUT2D eigenvalue weighted by atomic mass is 16.5. The summed E-state index contributed by atoms with van der Waals surface area (Å²) < 4.78 is 7.95. The molecule has 2 atom stereocenters. The summed E-state index contributed by atoms with van der Waals surface area (Å²) >= 11 is 0. The zero-order chi connectivity index (χ0) is 16.5. The lowest BCUT2D eigenvalue weighted by Gasteiger charge is -2.23. The van der Waals surface area contributed by atoms with Crippen molar-refractivity contribution in [3.63, 3.8) is 0 Å². The SMILES string of the molecule is Cc1cc(C2CCCc3nn(C4CCCCO4)cc32)ccc1C#N. The van der Waals surface area contributed by atoms with Crippen LogP contribution in [0.1, 0.15) is 72.2 Å². The molecule has 0 N–H and O–H groups in total. The third-order valence-corrected chi connectivity index (χ3v) is 5.35. The predicted octanol–water partition coefficient (Wildman–Crippen LogP) is 4.23. The molecular formula is C20H23N3O. The second kappa shape index (κ2) is 6.41. The Morgan fingerprint density at radius 1 is 1.25 bits per heavy atom. The van der Waals surface area contributed by atoms with Gasteiger partial charge in [0.2, 0.25) is 0 Å². The lowest BCUT2D eigenvalue weighted by Crippen LogP contribution is -2.18. The quantitative estimate of drug-likeness (QED) is 0.831. The Morgan fingerprint density at radius 2 is 2.17 bits per heavy atom. The Labute approximate surface area is 143 Å². The van der Waals surface area contributed by atoms with Crippen LogP contribution in [0.25, 0.3) is 0 Å². The summed E-state index contributed by atoms with van der Waals surface area (Å²) in [6.45, 7) is 2.86. The van der Waals surface area contributed by atoms with Crippen LogP contribution in [0.4, 0.5) is 0 Å². The Balaban J connectivity index is 1.67. The highest BCUT2D eigenvalue weighted by Crippen LogP contribution is 2.38. The smallest absolute Gasteiger partial charge is 0.150 e. The Morgan fingerprint density at radius 3 is 2.92 bits per heavy atom. The van der Waals surface area contributed by atoms with E-state index < -0.39 is 0 Å². The topological polar surface area (TPSA) is 50.8 Å². The highest BCUT2D eigenvalue weighted by molar-refractivity contribution is 5.44. The molecule has 2 heterocycles. The van der Waals surface area contributed by atoms with Gasteiger partial charge in [-0.05, 0) is 62.6 Å². The van der Waals surface area contributed by atoms with Gasteiger partial charge in [0, 0.05) is 24.3 Å². The van der Waals surface area contributed by atoms with Gasteiger partial charge in [0.1, 0.15) is 6.23 Å². The van der Waals surface area contributed by atoms with Gasteiger partial charge >= 0.3 is 0 Å². The van der Waals surface area contributed by atoms with Crippen LogP contribution in [-0.4, -0.2) is 16.4 Å². The van der Waals surface area contributed by atoms with Gasteiger partial charge in [0.05, 0.1) is 17.3 Å². The van der Waals surface area contributed by atoms with E-state index in [1.54, 1.807) is 0 Å². The van der Waals surface area contributed by atoms with Crippen LogP contribution in [0, 0.1) is 18.3 Å². The maximum atomic E-state index is 9.15. The minimum atomic E-state index is 0.104. The Kier molecular flexibility index (Phi) is 4.12. The minimum absolute atomic E-state index is 0.104. The van der Waals surface area contributed by atoms with Gasteiger partial charge in [0.25, 0.3) is 0 Å². The number of benzene rings is 1. The van der Waals surface area contributed by atoms with Crippen LogP contribution >= 0.6 is 0 Å².